The lowest BCUT2D eigenvalue weighted by Gasteiger charge is -2.13. The van der Waals surface area contributed by atoms with Crippen LogP contribution in [0.2, 0.25) is 5.02 Å². The Bertz CT molecular complexity index is 1030. The molecule has 3 rings (SSSR count). The summed E-state index contributed by atoms with van der Waals surface area (Å²) >= 11 is 5.91. The zero-order valence-corrected chi connectivity index (χ0v) is 15.2. The van der Waals surface area contributed by atoms with E-state index in [-0.39, 0.29) is 11.5 Å². The molecule has 1 heterocycles. The third-order valence-electron chi connectivity index (χ3n) is 3.83. The molecule has 1 unspecified atom stereocenters. The predicted molar refractivity (Wildman–Crippen MR) is 97.7 cm³/mol. The summed E-state index contributed by atoms with van der Waals surface area (Å²) in [7, 11) is -3.84. The van der Waals surface area contributed by atoms with E-state index < -0.39 is 21.2 Å². The first-order valence-electron chi connectivity index (χ1n) is 7.57. The molecule has 2 N–H and O–H groups in total. The molecule has 1 aliphatic heterocycles. The lowest BCUT2D eigenvalue weighted by Crippen LogP contribution is -2.17. The van der Waals surface area contributed by atoms with E-state index in [1.165, 1.54) is 12.1 Å². The van der Waals surface area contributed by atoms with Gasteiger partial charge in [-0.25, -0.2) is 13.6 Å². The van der Waals surface area contributed by atoms with Crippen molar-refractivity contribution in [2.75, 3.05) is 6.61 Å². The lowest BCUT2D eigenvalue weighted by atomic mass is 9.95. The van der Waals surface area contributed by atoms with Crippen molar-refractivity contribution in [3.63, 3.8) is 0 Å². The first kappa shape index (κ1) is 19.0. The minimum absolute atomic E-state index is 0.0511. The highest BCUT2D eigenvalue weighted by Crippen LogP contribution is 2.37. The number of benzene rings is 2. The third-order valence-corrected chi connectivity index (χ3v) is 5.02. The molecule has 2 aromatic rings. The smallest absolute Gasteiger partial charge is 0.294 e. The summed E-state index contributed by atoms with van der Waals surface area (Å²) in [6, 6.07) is 11.9. The minimum atomic E-state index is -3.84. The molecule has 2 aromatic carbocycles. The number of primary sulfonamides is 1. The topological polar surface area (TPSA) is 137 Å². The van der Waals surface area contributed by atoms with Crippen molar-refractivity contribution >= 4 is 32.9 Å². The van der Waals surface area contributed by atoms with E-state index in [0.717, 1.165) is 0 Å². The molecular formula is C16H13ClN4O5S. The number of azo groups is 1. The van der Waals surface area contributed by atoms with Gasteiger partial charge in [0.2, 0.25) is 10.0 Å². The van der Waals surface area contributed by atoms with Crippen LogP contribution in [0.5, 0.6) is 0 Å². The highest BCUT2D eigenvalue weighted by atomic mass is 35.5. The maximum Gasteiger partial charge on any atom is 0.294 e. The van der Waals surface area contributed by atoms with Gasteiger partial charge in [-0.2, -0.15) is 10.2 Å². The van der Waals surface area contributed by atoms with E-state index in [0.29, 0.717) is 27.4 Å². The van der Waals surface area contributed by atoms with Crippen LogP contribution in [-0.2, 0) is 14.9 Å². The third kappa shape index (κ3) is 4.30. The van der Waals surface area contributed by atoms with Gasteiger partial charge in [-0.05, 0) is 29.8 Å². The number of hydrogen-bond donors (Lipinski definition) is 1. The summed E-state index contributed by atoms with van der Waals surface area (Å²) in [5.41, 5.74) is 2.36. The van der Waals surface area contributed by atoms with Crippen LogP contribution >= 0.6 is 11.6 Å². The number of nitrogens with two attached hydrogens (primary N) is 1. The molecule has 0 aliphatic carbocycles. The summed E-state index contributed by atoms with van der Waals surface area (Å²) in [5.74, 6) is 0. The van der Waals surface area contributed by atoms with Crippen LogP contribution in [0.15, 0.2) is 63.7 Å². The van der Waals surface area contributed by atoms with E-state index in [2.05, 4.69) is 15.1 Å². The van der Waals surface area contributed by atoms with Gasteiger partial charge in [-0.3, -0.25) is 0 Å². The van der Waals surface area contributed by atoms with Crippen molar-refractivity contribution in [3.8, 4) is 0 Å². The summed E-state index contributed by atoms with van der Waals surface area (Å²) in [5, 5.41) is 23.5. The molecule has 27 heavy (non-hydrogen) atoms. The van der Waals surface area contributed by atoms with Crippen LogP contribution in [0, 0.1) is 10.1 Å². The summed E-state index contributed by atoms with van der Waals surface area (Å²) in [6.45, 7) is -0.320. The molecule has 1 aliphatic rings. The monoisotopic (exact) mass is 408 g/mol. The van der Waals surface area contributed by atoms with Gasteiger partial charge in [-0.1, -0.05) is 35.9 Å². The largest absolute Gasteiger partial charge is 0.311 e. The molecule has 140 valence electrons. The van der Waals surface area contributed by atoms with Gasteiger partial charge in [0.1, 0.15) is 12.6 Å². The van der Waals surface area contributed by atoms with E-state index >= 15 is 0 Å². The zero-order chi connectivity index (χ0) is 19.6. The molecular weight excluding hydrogens is 396 g/mol. The standard InChI is InChI=1S/C16H13ClN4O5S/c17-12-5-1-11(2-6-12)16-15(14(19-20-16)9-26-21(22)23)10-3-7-13(8-4-10)27(18,24)25/h1-8,14H,9H2,(H2,18,24,25). The summed E-state index contributed by atoms with van der Waals surface area (Å²) in [4.78, 5) is 14.9. The fourth-order valence-corrected chi connectivity index (χ4v) is 3.26. The second kappa shape index (κ2) is 7.43. The molecule has 11 heteroatoms. The van der Waals surface area contributed by atoms with Gasteiger partial charge in [0.15, 0.2) is 0 Å². The highest BCUT2D eigenvalue weighted by Gasteiger charge is 2.27. The summed E-state index contributed by atoms with van der Waals surface area (Å²) in [6.07, 6.45) is 0. The average Bonchev–Trinajstić information content (AvgIpc) is 3.04. The molecule has 0 saturated heterocycles. The number of rotatable bonds is 6. The van der Waals surface area contributed by atoms with Crippen LogP contribution in [0.25, 0.3) is 11.3 Å². The Morgan fingerprint density at radius 2 is 1.70 bits per heavy atom. The molecule has 0 spiro atoms. The Labute approximate surface area is 159 Å². The second-order valence-corrected chi connectivity index (χ2v) is 7.59. The van der Waals surface area contributed by atoms with Crippen LogP contribution in [0.4, 0.5) is 0 Å². The highest BCUT2D eigenvalue weighted by molar-refractivity contribution is 7.89. The first-order chi connectivity index (χ1) is 12.8. The molecule has 0 fully saturated rings. The van der Waals surface area contributed by atoms with Crippen molar-refractivity contribution in [1.82, 2.24) is 0 Å². The van der Waals surface area contributed by atoms with Crippen molar-refractivity contribution in [3.05, 3.63) is 74.8 Å². The maximum atomic E-state index is 11.4. The van der Waals surface area contributed by atoms with Crippen LogP contribution in [0.3, 0.4) is 0 Å². The Morgan fingerprint density at radius 3 is 2.26 bits per heavy atom. The normalized spacial score (nSPS) is 16.6. The number of nitrogens with zero attached hydrogens (tertiary/aromatic N) is 3. The van der Waals surface area contributed by atoms with Crippen LogP contribution in [0.1, 0.15) is 11.1 Å². The average molecular weight is 409 g/mol. The Morgan fingerprint density at radius 1 is 1.11 bits per heavy atom. The number of halogens is 1. The van der Waals surface area contributed by atoms with Gasteiger partial charge in [0.25, 0.3) is 5.09 Å². The van der Waals surface area contributed by atoms with Gasteiger partial charge < -0.3 is 4.84 Å². The molecule has 0 saturated carbocycles. The SMILES string of the molecule is NS(=O)(=O)c1ccc(C2=C(c3ccc(Cl)cc3)N=NC2CO[N+](=O)[O-])cc1. The van der Waals surface area contributed by atoms with E-state index in [9.17, 15) is 18.5 Å². The summed E-state index contributed by atoms with van der Waals surface area (Å²) < 4.78 is 22.9. The van der Waals surface area contributed by atoms with Crippen LogP contribution < -0.4 is 5.14 Å². The quantitative estimate of drug-likeness (QED) is 0.578. The van der Waals surface area contributed by atoms with E-state index in [1.54, 1.807) is 36.4 Å². The fourth-order valence-electron chi connectivity index (χ4n) is 2.62. The number of hydrogen-bond acceptors (Lipinski definition) is 7. The van der Waals surface area contributed by atoms with Crippen molar-refractivity contribution in [2.45, 2.75) is 10.9 Å². The van der Waals surface area contributed by atoms with Gasteiger partial charge in [-0.15, -0.1) is 10.1 Å². The van der Waals surface area contributed by atoms with Crippen LogP contribution in [-0.4, -0.2) is 26.2 Å². The molecule has 0 aromatic heterocycles. The Kier molecular flexibility index (Phi) is 5.22. The predicted octanol–water partition coefficient (Wildman–Crippen LogP) is 2.90. The van der Waals surface area contributed by atoms with E-state index in [1.807, 2.05) is 0 Å². The van der Waals surface area contributed by atoms with Gasteiger partial charge in [0.05, 0.1) is 10.6 Å². The minimum Gasteiger partial charge on any atom is -0.311 e. The number of sulfonamides is 1. The van der Waals surface area contributed by atoms with Crippen molar-refractivity contribution in [1.29, 1.82) is 0 Å². The Hall–Kier alpha value is -2.82. The van der Waals surface area contributed by atoms with Crippen molar-refractivity contribution < 1.29 is 18.3 Å². The molecule has 9 nitrogen and oxygen atoms in total. The fraction of sp³-hybridized carbons (Fsp3) is 0.125. The second-order valence-electron chi connectivity index (χ2n) is 5.59. The zero-order valence-electron chi connectivity index (χ0n) is 13.6. The molecule has 0 radical (unpaired) electrons. The van der Waals surface area contributed by atoms with Gasteiger partial charge >= 0.3 is 0 Å². The molecule has 0 amide bonds. The maximum absolute atomic E-state index is 11.4. The van der Waals surface area contributed by atoms with Gasteiger partial charge in [0, 0.05) is 16.2 Å². The van der Waals surface area contributed by atoms with Crippen molar-refractivity contribution in [2.24, 2.45) is 15.4 Å². The van der Waals surface area contributed by atoms with E-state index in [4.69, 9.17) is 16.7 Å². The first-order valence-corrected chi connectivity index (χ1v) is 9.49. The molecule has 0 bridgehead atoms. The lowest BCUT2D eigenvalue weighted by molar-refractivity contribution is -0.757. The Balaban J connectivity index is 2.06. The molecule has 1 atom stereocenters.